The van der Waals surface area contributed by atoms with Crippen molar-refractivity contribution in [2.75, 3.05) is 5.32 Å². The molecule has 0 fully saturated rings. The molecule has 0 saturated heterocycles. The summed E-state index contributed by atoms with van der Waals surface area (Å²) >= 11 is 5.90. The van der Waals surface area contributed by atoms with E-state index >= 15 is 0 Å². The van der Waals surface area contributed by atoms with Crippen molar-refractivity contribution in [2.45, 2.75) is 20.8 Å². The molecule has 4 nitrogen and oxygen atoms in total. The highest BCUT2D eigenvalue weighted by molar-refractivity contribution is 6.30. The van der Waals surface area contributed by atoms with Crippen LogP contribution in [0.5, 0.6) is 0 Å². The molecule has 2 aromatic carbocycles. The smallest absolute Gasteiger partial charge is 0.266 e. The Morgan fingerprint density at radius 2 is 1.71 bits per heavy atom. The van der Waals surface area contributed by atoms with Crippen LogP contribution < -0.4 is 5.32 Å². The second kappa shape index (κ2) is 8.16. The molecule has 0 saturated carbocycles. The van der Waals surface area contributed by atoms with Gasteiger partial charge in [0.05, 0.1) is 0 Å². The van der Waals surface area contributed by atoms with Crippen LogP contribution in [0.4, 0.5) is 5.69 Å². The molecular formula is C23H19ClN2O2. The van der Waals surface area contributed by atoms with E-state index in [4.69, 9.17) is 16.0 Å². The summed E-state index contributed by atoms with van der Waals surface area (Å²) in [5.41, 5.74) is 4.57. The van der Waals surface area contributed by atoms with Crippen LogP contribution in [0, 0.1) is 32.1 Å². The first-order chi connectivity index (χ1) is 13.4. The number of nitrogens with one attached hydrogen (secondary N) is 1. The first-order valence-electron chi connectivity index (χ1n) is 8.74. The van der Waals surface area contributed by atoms with Crippen molar-refractivity contribution in [3.05, 3.63) is 81.6 Å². The zero-order chi connectivity index (χ0) is 20.3. The number of hydrogen-bond acceptors (Lipinski definition) is 3. The summed E-state index contributed by atoms with van der Waals surface area (Å²) in [4.78, 5) is 12.6. The van der Waals surface area contributed by atoms with Crippen molar-refractivity contribution in [3.8, 4) is 17.4 Å². The van der Waals surface area contributed by atoms with Crippen LogP contribution in [-0.4, -0.2) is 5.91 Å². The number of aryl methyl sites for hydroxylation is 3. The van der Waals surface area contributed by atoms with Gasteiger partial charge in [0, 0.05) is 22.3 Å². The van der Waals surface area contributed by atoms with E-state index in [9.17, 15) is 10.1 Å². The van der Waals surface area contributed by atoms with E-state index in [0.717, 1.165) is 27.9 Å². The Hall–Kier alpha value is -3.29. The number of furan rings is 1. The molecule has 0 aliphatic carbocycles. The summed E-state index contributed by atoms with van der Waals surface area (Å²) in [6.07, 6.45) is 1.44. The third-order valence-corrected chi connectivity index (χ3v) is 4.57. The van der Waals surface area contributed by atoms with Gasteiger partial charge < -0.3 is 9.73 Å². The van der Waals surface area contributed by atoms with E-state index < -0.39 is 5.91 Å². The van der Waals surface area contributed by atoms with E-state index in [1.807, 2.05) is 51.1 Å². The molecular weight excluding hydrogens is 372 g/mol. The quantitative estimate of drug-likeness (QED) is 0.434. The SMILES string of the molecule is Cc1cc(C)c(NC(=O)/C(C#N)=C/c2ccc(-c3ccc(Cl)cc3)o2)c(C)c1. The lowest BCUT2D eigenvalue weighted by Crippen LogP contribution is -2.15. The van der Waals surface area contributed by atoms with E-state index in [0.29, 0.717) is 16.5 Å². The lowest BCUT2D eigenvalue weighted by Gasteiger charge is -2.12. The van der Waals surface area contributed by atoms with Gasteiger partial charge in [0.15, 0.2) is 0 Å². The number of nitrogens with zero attached hydrogens (tertiary/aromatic N) is 1. The molecule has 0 bridgehead atoms. The van der Waals surface area contributed by atoms with Crippen LogP contribution in [0.2, 0.25) is 5.02 Å². The number of amides is 1. The molecule has 28 heavy (non-hydrogen) atoms. The molecule has 3 rings (SSSR count). The summed E-state index contributed by atoms with van der Waals surface area (Å²) in [5, 5.41) is 12.9. The highest BCUT2D eigenvalue weighted by Crippen LogP contribution is 2.26. The van der Waals surface area contributed by atoms with Gasteiger partial charge in [0.25, 0.3) is 5.91 Å². The minimum absolute atomic E-state index is 0.0311. The second-order valence-corrected chi connectivity index (χ2v) is 7.04. The first-order valence-corrected chi connectivity index (χ1v) is 9.12. The first kappa shape index (κ1) is 19.5. The van der Waals surface area contributed by atoms with Crippen LogP contribution >= 0.6 is 11.6 Å². The van der Waals surface area contributed by atoms with Gasteiger partial charge in [0.1, 0.15) is 23.2 Å². The van der Waals surface area contributed by atoms with Crippen LogP contribution in [0.1, 0.15) is 22.5 Å². The van der Waals surface area contributed by atoms with Crippen molar-refractivity contribution in [2.24, 2.45) is 0 Å². The number of carbonyl (C=O) groups is 1. The summed E-state index contributed by atoms with van der Waals surface area (Å²) in [7, 11) is 0. The van der Waals surface area contributed by atoms with Crippen LogP contribution in [0.3, 0.4) is 0 Å². The molecule has 0 radical (unpaired) electrons. The lowest BCUT2D eigenvalue weighted by molar-refractivity contribution is -0.112. The lowest BCUT2D eigenvalue weighted by atomic mass is 10.0. The summed E-state index contributed by atoms with van der Waals surface area (Å²) in [5.74, 6) is 0.585. The molecule has 0 unspecified atom stereocenters. The molecule has 0 aliphatic rings. The molecule has 140 valence electrons. The predicted molar refractivity (Wildman–Crippen MR) is 112 cm³/mol. The van der Waals surface area contributed by atoms with Crippen LogP contribution in [0.15, 0.2) is 58.5 Å². The fourth-order valence-corrected chi connectivity index (χ4v) is 3.17. The molecule has 5 heteroatoms. The Kier molecular flexibility index (Phi) is 5.67. The van der Waals surface area contributed by atoms with Gasteiger partial charge in [-0.1, -0.05) is 29.3 Å². The largest absolute Gasteiger partial charge is 0.457 e. The number of halogens is 1. The third-order valence-electron chi connectivity index (χ3n) is 4.32. The maximum Gasteiger partial charge on any atom is 0.266 e. The highest BCUT2D eigenvalue weighted by Gasteiger charge is 2.14. The fourth-order valence-electron chi connectivity index (χ4n) is 3.05. The molecule has 1 heterocycles. The normalized spacial score (nSPS) is 11.2. The monoisotopic (exact) mass is 390 g/mol. The topological polar surface area (TPSA) is 66.0 Å². The number of hydrogen-bond donors (Lipinski definition) is 1. The van der Waals surface area contributed by atoms with Gasteiger partial charge in [-0.2, -0.15) is 5.26 Å². The Morgan fingerprint density at radius 3 is 2.32 bits per heavy atom. The molecule has 3 aromatic rings. The maximum atomic E-state index is 12.6. The molecule has 0 aliphatic heterocycles. The number of carbonyl (C=O) groups excluding carboxylic acids is 1. The standard InChI is InChI=1S/C23H19ClN2O2/c1-14-10-15(2)22(16(3)11-14)26-23(27)18(13-25)12-20-8-9-21(28-20)17-4-6-19(24)7-5-17/h4-12H,1-3H3,(H,26,27)/b18-12+. The van der Waals surface area contributed by atoms with E-state index in [1.165, 1.54) is 6.08 Å². The summed E-state index contributed by atoms with van der Waals surface area (Å²) in [6.45, 7) is 5.86. The van der Waals surface area contributed by atoms with Gasteiger partial charge in [-0.3, -0.25) is 4.79 Å². The van der Waals surface area contributed by atoms with Crippen molar-refractivity contribution in [3.63, 3.8) is 0 Å². The maximum absolute atomic E-state index is 12.6. The zero-order valence-corrected chi connectivity index (χ0v) is 16.6. The predicted octanol–water partition coefficient (Wildman–Crippen LogP) is 6.07. The Morgan fingerprint density at radius 1 is 1.07 bits per heavy atom. The van der Waals surface area contributed by atoms with Crippen molar-refractivity contribution < 1.29 is 9.21 Å². The van der Waals surface area contributed by atoms with Crippen LogP contribution in [-0.2, 0) is 4.79 Å². The molecule has 0 atom stereocenters. The summed E-state index contributed by atoms with van der Waals surface area (Å²) < 4.78 is 5.75. The minimum atomic E-state index is -0.470. The fraction of sp³-hybridized carbons (Fsp3) is 0.130. The molecule has 0 spiro atoms. The Bertz CT molecular complexity index is 1080. The van der Waals surface area contributed by atoms with Gasteiger partial charge in [0.2, 0.25) is 0 Å². The van der Waals surface area contributed by atoms with Gasteiger partial charge in [-0.15, -0.1) is 0 Å². The average Bonchev–Trinajstić information content (AvgIpc) is 3.11. The van der Waals surface area contributed by atoms with Crippen LogP contribution in [0.25, 0.3) is 17.4 Å². The number of anilines is 1. The summed E-state index contributed by atoms with van der Waals surface area (Å²) in [6, 6.07) is 16.7. The van der Waals surface area contributed by atoms with Gasteiger partial charge >= 0.3 is 0 Å². The third kappa shape index (κ3) is 4.33. The number of benzene rings is 2. The van der Waals surface area contributed by atoms with E-state index in [-0.39, 0.29) is 5.57 Å². The van der Waals surface area contributed by atoms with Crippen molar-refractivity contribution >= 4 is 29.3 Å². The van der Waals surface area contributed by atoms with Crippen molar-refractivity contribution in [1.29, 1.82) is 5.26 Å². The van der Waals surface area contributed by atoms with E-state index in [2.05, 4.69) is 5.32 Å². The van der Waals surface area contributed by atoms with Gasteiger partial charge in [-0.25, -0.2) is 0 Å². The number of nitriles is 1. The minimum Gasteiger partial charge on any atom is -0.457 e. The average molecular weight is 391 g/mol. The van der Waals surface area contributed by atoms with Gasteiger partial charge in [-0.05, 0) is 68.3 Å². The zero-order valence-electron chi connectivity index (χ0n) is 15.8. The Balaban J connectivity index is 1.84. The second-order valence-electron chi connectivity index (χ2n) is 6.61. The Labute approximate surface area is 169 Å². The molecule has 1 amide bonds. The van der Waals surface area contributed by atoms with Crippen molar-refractivity contribution in [1.82, 2.24) is 0 Å². The number of rotatable bonds is 4. The van der Waals surface area contributed by atoms with E-state index in [1.54, 1.807) is 24.3 Å². The highest BCUT2D eigenvalue weighted by atomic mass is 35.5. The molecule has 1 N–H and O–H groups in total. The molecule has 1 aromatic heterocycles.